The topological polar surface area (TPSA) is 30.5 Å². The van der Waals surface area contributed by atoms with Crippen molar-refractivity contribution >= 4 is 15.9 Å². The van der Waals surface area contributed by atoms with Crippen LogP contribution in [0.25, 0.3) is 0 Å². The van der Waals surface area contributed by atoms with Gasteiger partial charge in [0.2, 0.25) is 0 Å². The molecule has 1 aromatic carbocycles. The maximum absolute atomic E-state index is 5.32. The molecule has 0 saturated carbocycles. The first-order chi connectivity index (χ1) is 7.22. The summed E-state index contributed by atoms with van der Waals surface area (Å²) < 4.78 is 11.6. The average Bonchev–Trinajstić information content (AvgIpc) is 2.26. The Morgan fingerprint density at radius 2 is 1.73 bits per heavy atom. The van der Waals surface area contributed by atoms with Gasteiger partial charge in [-0.2, -0.15) is 0 Å². The molecular weight excluding hydrogens is 258 g/mol. The van der Waals surface area contributed by atoms with Crippen LogP contribution in [0, 0.1) is 0 Å². The Kier molecular flexibility index (Phi) is 4.91. The van der Waals surface area contributed by atoms with Crippen LogP contribution in [0.3, 0.4) is 0 Å². The highest BCUT2D eigenvalue weighted by molar-refractivity contribution is 9.10. The van der Waals surface area contributed by atoms with Crippen LogP contribution in [0.4, 0.5) is 0 Å². The molecule has 84 valence electrons. The highest BCUT2D eigenvalue weighted by atomic mass is 79.9. The summed E-state index contributed by atoms with van der Waals surface area (Å²) in [5.41, 5.74) is 1.05. The summed E-state index contributed by atoms with van der Waals surface area (Å²) in [6.45, 7) is 3.73. The van der Waals surface area contributed by atoms with Gasteiger partial charge in [0.25, 0.3) is 0 Å². The fourth-order valence-electron chi connectivity index (χ4n) is 1.38. The summed E-state index contributed by atoms with van der Waals surface area (Å²) in [5, 5.41) is 3.26. The highest BCUT2D eigenvalue weighted by Crippen LogP contribution is 2.32. The molecule has 0 amide bonds. The van der Waals surface area contributed by atoms with Crippen LogP contribution in [0.15, 0.2) is 16.6 Å². The van der Waals surface area contributed by atoms with Crippen molar-refractivity contribution in [3.63, 3.8) is 0 Å². The SMILES string of the molecule is CCNCc1c(OC)cc(Br)cc1OC. The van der Waals surface area contributed by atoms with E-state index in [1.807, 2.05) is 12.1 Å². The quantitative estimate of drug-likeness (QED) is 0.895. The number of ether oxygens (including phenoxy) is 2. The minimum atomic E-state index is 0.746. The zero-order valence-corrected chi connectivity index (χ0v) is 10.8. The predicted octanol–water partition coefficient (Wildman–Crippen LogP) is 2.58. The number of rotatable bonds is 5. The van der Waals surface area contributed by atoms with E-state index in [4.69, 9.17) is 9.47 Å². The van der Waals surface area contributed by atoms with Crippen LogP contribution in [0.5, 0.6) is 11.5 Å². The van der Waals surface area contributed by atoms with E-state index >= 15 is 0 Å². The standard InChI is InChI=1S/C11H16BrNO2/c1-4-13-7-9-10(14-2)5-8(12)6-11(9)15-3/h5-6,13H,4,7H2,1-3H3. The van der Waals surface area contributed by atoms with Crippen molar-refractivity contribution in [2.45, 2.75) is 13.5 Å². The van der Waals surface area contributed by atoms with Crippen molar-refractivity contribution in [1.29, 1.82) is 0 Å². The van der Waals surface area contributed by atoms with Gasteiger partial charge >= 0.3 is 0 Å². The van der Waals surface area contributed by atoms with E-state index in [9.17, 15) is 0 Å². The first-order valence-electron chi connectivity index (χ1n) is 4.84. The van der Waals surface area contributed by atoms with Gasteiger partial charge < -0.3 is 14.8 Å². The third-order valence-corrected chi connectivity index (χ3v) is 2.58. The summed E-state index contributed by atoms with van der Waals surface area (Å²) in [7, 11) is 3.33. The van der Waals surface area contributed by atoms with Gasteiger partial charge in [0, 0.05) is 16.6 Å². The van der Waals surface area contributed by atoms with Crippen molar-refractivity contribution in [2.24, 2.45) is 0 Å². The van der Waals surface area contributed by atoms with E-state index in [0.717, 1.165) is 34.6 Å². The molecule has 0 aromatic heterocycles. The highest BCUT2D eigenvalue weighted by Gasteiger charge is 2.10. The van der Waals surface area contributed by atoms with Gasteiger partial charge in [0.15, 0.2) is 0 Å². The number of hydrogen-bond donors (Lipinski definition) is 1. The maximum Gasteiger partial charge on any atom is 0.128 e. The fourth-order valence-corrected chi connectivity index (χ4v) is 1.79. The second-order valence-corrected chi connectivity index (χ2v) is 3.98. The third kappa shape index (κ3) is 3.11. The number of halogens is 1. The second-order valence-electron chi connectivity index (χ2n) is 3.07. The first kappa shape index (κ1) is 12.3. The molecule has 0 heterocycles. The molecule has 15 heavy (non-hydrogen) atoms. The van der Waals surface area contributed by atoms with Gasteiger partial charge in [-0.25, -0.2) is 0 Å². The molecule has 0 bridgehead atoms. The van der Waals surface area contributed by atoms with Crippen LogP contribution in [0.2, 0.25) is 0 Å². The molecule has 0 radical (unpaired) electrons. The van der Waals surface area contributed by atoms with E-state index in [2.05, 4.69) is 28.2 Å². The molecule has 1 rings (SSSR count). The Balaban J connectivity index is 3.06. The van der Waals surface area contributed by atoms with Crippen LogP contribution in [0.1, 0.15) is 12.5 Å². The van der Waals surface area contributed by atoms with Gasteiger partial charge in [-0.15, -0.1) is 0 Å². The predicted molar refractivity (Wildman–Crippen MR) is 64.6 cm³/mol. The third-order valence-electron chi connectivity index (χ3n) is 2.12. The lowest BCUT2D eigenvalue weighted by Gasteiger charge is -2.14. The molecule has 0 aliphatic heterocycles. The summed E-state index contributed by atoms with van der Waals surface area (Å²) in [5.74, 6) is 1.67. The second kappa shape index (κ2) is 5.98. The minimum absolute atomic E-state index is 0.746. The summed E-state index contributed by atoms with van der Waals surface area (Å²) >= 11 is 3.42. The van der Waals surface area contributed by atoms with Gasteiger partial charge in [-0.05, 0) is 18.7 Å². The Morgan fingerprint density at radius 3 is 2.13 bits per heavy atom. The Bertz CT molecular complexity index is 303. The molecule has 1 N–H and O–H groups in total. The molecular formula is C11H16BrNO2. The van der Waals surface area contributed by atoms with Crippen molar-refractivity contribution in [2.75, 3.05) is 20.8 Å². The lowest BCUT2D eigenvalue weighted by molar-refractivity contribution is 0.382. The molecule has 0 aliphatic carbocycles. The van der Waals surface area contributed by atoms with Crippen LogP contribution in [-0.4, -0.2) is 20.8 Å². The smallest absolute Gasteiger partial charge is 0.128 e. The van der Waals surface area contributed by atoms with E-state index in [1.165, 1.54) is 0 Å². The van der Waals surface area contributed by atoms with Gasteiger partial charge in [0.05, 0.1) is 14.2 Å². The molecule has 3 nitrogen and oxygen atoms in total. The number of nitrogens with one attached hydrogen (secondary N) is 1. The number of benzene rings is 1. The number of methoxy groups -OCH3 is 2. The van der Waals surface area contributed by atoms with Crippen molar-refractivity contribution in [3.05, 3.63) is 22.2 Å². The molecule has 0 aliphatic rings. The molecule has 0 spiro atoms. The summed E-state index contributed by atoms with van der Waals surface area (Å²) in [6, 6.07) is 3.88. The molecule has 0 atom stereocenters. The van der Waals surface area contributed by atoms with Crippen LogP contribution >= 0.6 is 15.9 Å². The van der Waals surface area contributed by atoms with Gasteiger partial charge in [0.1, 0.15) is 11.5 Å². The van der Waals surface area contributed by atoms with Crippen molar-refractivity contribution < 1.29 is 9.47 Å². The van der Waals surface area contributed by atoms with E-state index in [0.29, 0.717) is 0 Å². The Morgan fingerprint density at radius 1 is 1.20 bits per heavy atom. The average molecular weight is 274 g/mol. The Labute approximate surface area is 98.9 Å². The van der Waals surface area contributed by atoms with E-state index in [-0.39, 0.29) is 0 Å². The lowest BCUT2D eigenvalue weighted by atomic mass is 10.1. The van der Waals surface area contributed by atoms with Gasteiger partial charge in [-0.3, -0.25) is 0 Å². The van der Waals surface area contributed by atoms with E-state index < -0.39 is 0 Å². The zero-order chi connectivity index (χ0) is 11.3. The number of hydrogen-bond acceptors (Lipinski definition) is 3. The lowest BCUT2D eigenvalue weighted by Crippen LogP contribution is -2.13. The molecule has 0 fully saturated rings. The molecule has 4 heteroatoms. The minimum Gasteiger partial charge on any atom is -0.496 e. The summed E-state index contributed by atoms with van der Waals surface area (Å²) in [4.78, 5) is 0. The van der Waals surface area contributed by atoms with E-state index in [1.54, 1.807) is 14.2 Å². The van der Waals surface area contributed by atoms with Gasteiger partial charge in [-0.1, -0.05) is 22.9 Å². The van der Waals surface area contributed by atoms with Crippen LogP contribution in [-0.2, 0) is 6.54 Å². The molecule has 1 aromatic rings. The first-order valence-corrected chi connectivity index (χ1v) is 5.63. The zero-order valence-electron chi connectivity index (χ0n) is 9.26. The Hall–Kier alpha value is -0.740. The largest absolute Gasteiger partial charge is 0.496 e. The maximum atomic E-state index is 5.32. The van der Waals surface area contributed by atoms with Crippen LogP contribution < -0.4 is 14.8 Å². The van der Waals surface area contributed by atoms with Crippen molar-refractivity contribution in [1.82, 2.24) is 5.32 Å². The summed E-state index contributed by atoms with van der Waals surface area (Å²) in [6.07, 6.45) is 0. The fraction of sp³-hybridized carbons (Fsp3) is 0.455. The molecule has 0 saturated heterocycles. The molecule has 0 unspecified atom stereocenters. The normalized spacial score (nSPS) is 10.1. The monoisotopic (exact) mass is 273 g/mol. The van der Waals surface area contributed by atoms with Crippen molar-refractivity contribution in [3.8, 4) is 11.5 Å².